The molecule has 2 aromatic heterocycles. The molecule has 3 rings (SSSR count). The van der Waals surface area contributed by atoms with Crippen LogP contribution in [-0.2, 0) is 0 Å². The third-order valence-corrected chi connectivity index (χ3v) is 3.82. The minimum absolute atomic E-state index is 0.577. The van der Waals surface area contributed by atoms with Gasteiger partial charge in [-0.05, 0) is 48.3 Å². The Balaban J connectivity index is 1.82. The molecule has 1 fully saturated rings. The van der Waals surface area contributed by atoms with Crippen molar-refractivity contribution in [2.45, 2.75) is 18.9 Å². The quantitative estimate of drug-likeness (QED) is 0.864. The van der Waals surface area contributed by atoms with Crippen LogP contribution in [0.1, 0.15) is 18.9 Å². The van der Waals surface area contributed by atoms with E-state index < -0.39 is 0 Å². The number of thiophene rings is 1. The van der Waals surface area contributed by atoms with Gasteiger partial charge in [-0.3, -0.25) is 4.68 Å². The average Bonchev–Trinajstić information content (AvgIpc) is 3.01. The SMILES string of the molecule is c1cc(-c2cnn(C3CCNCC3)c2)cs1. The number of rotatable bonds is 2. The topological polar surface area (TPSA) is 29.9 Å². The lowest BCUT2D eigenvalue weighted by Gasteiger charge is -2.22. The Hall–Kier alpha value is -1.13. The molecule has 1 aliphatic rings. The van der Waals surface area contributed by atoms with Crippen LogP contribution in [0.3, 0.4) is 0 Å². The first-order valence-corrected chi connectivity index (χ1v) is 6.65. The Bertz CT molecular complexity index is 441. The molecule has 4 heteroatoms. The Labute approximate surface area is 99.1 Å². The molecule has 1 aliphatic heterocycles. The molecule has 1 saturated heterocycles. The van der Waals surface area contributed by atoms with Gasteiger partial charge < -0.3 is 5.32 Å². The van der Waals surface area contributed by atoms with E-state index in [-0.39, 0.29) is 0 Å². The molecule has 3 heterocycles. The molecule has 0 atom stereocenters. The van der Waals surface area contributed by atoms with E-state index in [1.54, 1.807) is 11.3 Å². The number of nitrogens with zero attached hydrogens (tertiary/aromatic N) is 2. The van der Waals surface area contributed by atoms with Crippen molar-refractivity contribution in [2.24, 2.45) is 0 Å². The molecule has 16 heavy (non-hydrogen) atoms. The van der Waals surface area contributed by atoms with Crippen LogP contribution in [-0.4, -0.2) is 22.9 Å². The predicted octanol–water partition coefficient (Wildman–Crippen LogP) is 2.54. The largest absolute Gasteiger partial charge is 0.317 e. The summed E-state index contributed by atoms with van der Waals surface area (Å²) >= 11 is 1.73. The second-order valence-corrected chi connectivity index (χ2v) is 4.98. The van der Waals surface area contributed by atoms with Crippen molar-refractivity contribution < 1.29 is 0 Å². The zero-order chi connectivity index (χ0) is 10.8. The summed E-state index contributed by atoms with van der Waals surface area (Å²) in [4.78, 5) is 0. The fourth-order valence-corrected chi connectivity index (χ4v) is 2.85. The van der Waals surface area contributed by atoms with Gasteiger partial charge in [0, 0.05) is 11.8 Å². The van der Waals surface area contributed by atoms with Crippen molar-refractivity contribution in [3.8, 4) is 11.1 Å². The molecule has 0 aromatic carbocycles. The average molecular weight is 233 g/mol. The highest BCUT2D eigenvalue weighted by atomic mass is 32.1. The molecule has 0 bridgehead atoms. The van der Waals surface area contributed by atoms with Crippen molar-refractivity contribution in [3.05, 3.63) is 29.2 Å². The summed E-state index contributed by atoms with van der Waals surface area (Å²) < 4.78 is 2.13. The van der Waals surface area contributed by atoms with Crippen LogP contribution < -0.4 is 5.32 Å². The number of aromatic nitrogens is 2. The molecule has 1 N–H and O–H groups in total. The second-order valence-electron chi connectivity index (χ2n) is 4.20. The zero-order valence-corrected chi connectivity index (χ0v) is 9.91. The second kappa shape index (κ2) is 4.39. The van der Waals surface area contributed by atoms with Crippen LogP contribution in [0.25, 0.3) is 11.1 Å². The van der Waals surface area contributed by atoms with Crippen molar-refractivity contribution in [1.29, 1.82) is 0 Å². The highest BCUT2D eigenvalue weighted by molar-refractivity contribution is 7.08. The molecular formula is C12H15N3S. The third kappa shape index (κ3) is 1.90. The highest BCUT2D eigenvalue weighted by Crippen LogP contribution is 2.24. The minimum atomic E-state index is 0.577. The molecule has 2 aromatic rings. The summed E-state index contributed by atoms with van der Waals surface area (Å²) in [5, 5.41) is 12.1. The van der Waals surface area contributed by atoms with E-state index in [1.165, 1.54) is 24.0 Å². The Morgan fingerprint density at radius 1 is 1.31 bits per heavy atom. The van der Waals surface area contributed by atoms with Gasteiger partial charge in [0.25, 0.3) is 0 Å². The third-order valence-electron chi connectivity index (χ3n) is 3.14. The predicted molar refractivity (Wildman–Crippen MR) is 66.7 cm³/mol. The van der Waals surface area contributed by atoms with Crippen LogP contribution in [0, 0.1) is 0 Å². The van der Waals surface area contributed by atoms with Crippen LogP contribution in [0.15, 0.2) is 29.2 Å². The summed E-state index contributed by atoms with van der Waals surface area (Å²) in [5.74, 6) is 0. The molecule has 0 aliphatic carbocycles. The first kappa shape index (κ1) is 10.1. The number of piperidine rings is 1. The lowest BCUT2D eigenvalue weighted by Crippen LogP contribution is -2.29. The first-order chi connectivity index (χ1) is 7.93. The number of nitrogens with one attached hydrogen (secondary N) is 1. The summed E-state index contributed by atoms with van der Waals surface area (Å²) in [7, 11) is 0. The van der Waals surface area contributed by atoms with E-state index in [4.69, 9.17) is 0 Å². The smallest absolute Gasteiger partial charge is 0.0568 e. The summed E-state index contributed by atoms with van der Waals surface area (Å²) in [6.45, 7) is 2.22. The maximum Gasteiger partial charge on any atom is 0.0568 e. The van der Waals surface area contributed by atoms with E-state index in [0.29, 0.717) is 6.04 Å². The molecule has 0 amide bonds. The molecule has 3 nitrogen and oxygen atoms in total. The van der Waals surface area contributed by atoms with Gasteiger partial charge in [-0.25, -0.2) is 0 Å². The van der Waals surface area contributed by atoms with E-state index in [1.807, 2.05) is 6.20 Å². The number of hydrogen-bond donors (Lipinski definition) is 1. The fraction of sp³-hybridized carbons (Fsp3) is 0.417. The van der Waals surface area contributed by atoms with Crippen molar-refractivity contribution in [2.75, 3.05) is 13.1 Å². The van der Waals surface area contributed by atoms with Gasteiger partial charge >= 0.3 is 0 Å². The standard InChI is InChI=1S/C12H15N3S/c1-4-13-5-2-12(1)15-8-11(7-14-15)10-3-6-16-9-10/h3,6-9,12-13H,1-2,4-5H2. The molecule has 0 radical (unpaired) electrons. The summed E-state index contributed by atoms with van der Waals surface area (Å²) in [5.41, 5.74) is 2.52. The first-order valence-electron chi connectivity index (χ1n) is 5.71. The van der Waals surface area contributed by atoms with Crippen molar-refractivity contribution in [3.63, 3.8) is 0 Å². The maximum atomic E-state index is 4.49. The van der Waals surface area contributed by atoms with Gasteiger partial charge in [-0.2, -0.15) is 16.4 Å². The lowest BCUT2D eigenvalue weighted by atomic mass is 10.1. The van der Waals surface area contributed by atoms with Gasteiger partial charge in [0.05, 0.1) is 12.2 Å². The monoisotopic (exact) mass is 233 g/mol. The zero-order valence-electron chi connectivity index (χ0n) is 9.10. The van der Waals surface area contributed by atoms with Gasteiger partial charge in [-0.1, -0.05) is 0 Å². The van der Waals surface area contributed by atoms with Gasteiger partial charge in [0.15, 0.2) is 0 Å². The molecule has 0 saturated carbocycles. The van der Waals surface area contributed by atoms with Crippen LogP contribution in [0.5, 0.6) is 0 Å². The molecular weight excluding hydrogens is 218 g/mol. The maximum absolute atomic E-state index is 4.49. The van der Waals surface area contributed by atoms with Gasteiger partial charge in [-0.15, -0.1) is 0 Å². The van der Waals surface area contributed by atoms with Crippen LogP contribution in [0.4, 0.5) is 0 Å². The van der Waals surface area contributed by atoms with Crippen LogP contribution in [0.2, 0.25) is 0 Å². The van der Waals surface area contributed by atoms with E-state index in [0.717, 1.165) is 13.1 Å². The normalized spacial score (nSPS) is 17.8. The number of hydrogen-bond acceptors (Lipinski definition) is 3. The Morgan fingerprint density at radius 2 is 2.19 bits per heavy atom. The van der Waals surface area contributed by atoms with E-state index in [2.05, 4.69) is 38.1 Å². The highest BCUT2D eigenvalue weighted by Gasteiger charge is 2.15. The van der Waals surface area contributed by atoms with E-state index >= 15 is 0 Å². The van der Waals surface area contributed by atoms with Gasteiger partial charge in [0.1, 0.15) is 0 Å². The van der Waals surface area contributed by atoms with Gasteiger partial charge in [0.2, 0.25) is 0 Å². The minimum Gasteiger partial charge on any atom is -0.317 e. The van der Waals surface area contributed by atoms with Crippen molar-refractivity contribution >= 4 is 11.3 Å². The summed E-state index contributed by atoms with van der Waals surface area (Å²) in [6, 6.07) is 2.72. The molecule has 0 unspecified atom stereocenters. The molecule has 0 spiro atoms. The van der Waals surface area contributed by atoms with E-state index in [9.17, 15) is 0 Å². The molecule has 84 valence electrons. The van der Waals surface area contributed by atoms with Crippen molar-refractivity contribution in [1.82, 2.24) is 15.1 Å². The fourth-order valence-electron chi connectivity index (χ4n) is 2.19. The summed E-state index contributed by atoms with van der Waals surface area (Å²) in [6.07, 6.45) is 6.53. The Kier molecular flexibility index (Phi) is 2.76. The Morgan fingerprint density at radius 3 is 2.94 bits per heavy atom. The van der Waals surface area contributed by atoms with Crippen LogP contribution >= 0.6 is 11.3 Å². The lowest BCUT2D eigenvalue weighted by molar-refractivity contribution is 0.343.